The predicted molar refractivity (Wildman–Crippen MR) is 96.6 cm³/mol. The number of benzene rings is 2. The number of hydrogen-bond acceptors (Lipinski definition) is 4. The van der Waals surface area contributed by atoms with E-state index in [9.17, 15) is 8.78 Å². The summed E-state index contributed by atoms with van der Waals surface area (Å²) < 4.78 is 34.9. The van der Waals surface area contributed by atoms with Gasteiger partial charge in [0.25, 0.3) is 0 Å². The van der Waals surface area contributed by atoms with Crippen LogP contribution in [0.3, 0.4) is 0 Å². The fourth-order valence-corrected chi connectivity index (χ4v) is 3.67. The average Bonchev–Trinajstić information content (AvgIpc) is 3.05. The lowest BCUT2D eigenvalue weighted by Crippen LogP contribution is -2.23. The lowest BCUT2D eigenvalue weighted by Gasteiger charge is -2.18. The van der Waals surface area contributed by atoms with E-state index in [1.807, 2.05) is 24.3 Å². The van der Waals surface area contributed by atoms with Gasteiger partial charge in [-0.15, -0.1) is 0 Å². The van der Waals surface area contributed by atoms with E-state index in [2.05, 4.69) is 21.8 Å². The second-order valence-corrected chi connectivity index (χ2v) is 6.57. The molecule has 1 aliphatic rings. The highest BCUT2D eigenvalue weighted by atomic mass is 19.3. The number of alkyl halides is 2. The van der Waals surface area contributed by atoms with Gasteiger partial charge >= 0.3 is 6.61 Å². The molecular formula is C20H24F2N2O2. The highest BCUT2D eigenvalue weighted by Gasteiger charge is 2.32. The van der Waals surface area contributed by atoms with Gasteiger partial charge in [0, 0.05) is 25.6 Å². The maximum Gasteiger partial charge on any atom is 0.387 e. The smallest absolute Gasteiger partial charge is 0.387 e. The third kappa shape index (κ3) is 4.31. The molecule has 0 radical (unpaired) electrons. The molecule has 2 atom stereocenters. The van der Waals surface area contributed by atoms with Gasteiger partial charge in [0.05, 0.1) is 7.11 Å². The molecule has 0 bridgehead atoms. The van der Waals surface area contributed by atoms with E-state index in [0.717, 1.165) is 18.7 Å². The van der Waals surface area contributed by atoms with Crippen LogP contribution < -0.4 is 15.2 Å². The van der Waals surface area contributed by atoms with Crippen molar-refractivity contribution in [1.29, 1.82) is 0 Å². The first kappa shape index (κ1) is 18.6. The van der Waals surface area contributed by atoms with E-state index in [1.165, 1.54) is 12.7 Å². The summed E-state index contributed by atoms with van der Waals surface area (Å²) in [5, 5.41) is 0. The minimum Gasteiger partial charge on any atom is -0.493 e. The van der Waals surface area contributed by atoms with Crippen molar-refractivity contribution in [2.45, 2.75) is 19.1 Å². The molecule has 26 heavy (non-hydrogen) atoms. The largest absolute Gasteiger partial charge is 0.493 e. The summed E-state index contributed by atoms with van der Waals surface area (Å²) in [4.78, 5) is 2.31. The Morgan fingerprint density at radius 3 is 2.54 bits per heavy atom. The highest BCUT2D eigenvalue weighted by molar-refractivity contribution is 5.43. The summed E-state index contributed by atoms with van der Waals surface area (Å²) in [6, 6.07) is 15.5. The second kappa shape index (κ2) is 8.47. The Morgan fingerprint density at radius 2 is 1.88 bits per heavy atom. The van der Waals surface area contributed by atoms with Crippen LogP contribution in [0.5, 0.6) is 11.5 Å². The number of nitrogens with zero attached hydrogens (tertiary/aromatic N) is 1. The summed E-state index contributed by atoms with van der Waals surface area (Å²) in [6.07, 6.45) is 0. The third-order valence-electron chi connectivity index (χ3n) is 4.90. The number of hydrogen-bond donors (Lipinski definition) is 1. The van der Waals surface area contributed by atoms with Gasteiger partial charge in [-0.2, -0.15) is 8.78 Å². The Hall–Kier alpha value is -2.18. The number of rotatable bonds is 7. The Labute approximate surface area is 152 Å². The average molecular weight is 362 g/mol. The minimum atomic E-state index is -2.88. The molecule has 0 spiro atoms. The number of likely N-dealkylation sites (tertiary alicyclic amines) is 1. The van der Waals surface area contributed by atoms with Crippen LogP contribution in [0.2, 0.25) is 0 Å². The van der Waals surface area contributed by atoms with Gasteiger partial charge in [0.15, 0.2) is 11.5 Å². The Balaban J connectivity index is 1.73. The van der Waals surface area contributed by atoms with Crippen molar-refractivity contribution in [3.8, 4) is 11.5 Å². The molecule has 2 aromatic rings. The van der Waals surface area contributed by atoms with Crippen molar-refractivity contribution in [2.24, 2.45) is 11.7 Å². The number of nitrogens with two attached hydrogens (primary N) is 1. The van der Waals surface area contributed by atoms with Crippen LogP contribution >= 0.6 is 0 Å². The van der Waals surface area contributed by atoms with Gasteiger partial charge in [-0.25, -0.2) is 0 Å². The SMILES string of the molecule is COc1ccc(CN2C[C@@H](CN)[C@H](c3ccccc3)C2)cc1OC(F)F. The minimum absolute atomic E-state index is 0.0641. The van der Waals surface area contributed by atoms with E-state index in [0.29, 0.717) is 30.7 Å². The predicted octanol–water partition coefficient (Wildman–Crippen LogP) is 3.47. The maximum atomic E-state index is 12.6. The van der Waals surface area contributed by atoms with E-state index < -0.39 is 6.61 Å². The molecule has 6 heteroatoms. The van der Waals surface area contributed by atoms with Gasteiger partial charge in [0.1, 0.15) is 0 Å². The second-order valence-electron chi connectivity index (χ2n) is 6.57. The zero-order valence-electron chi connectivity index (χ0n) is 14.8. The van der Waals surface area contributed by atoms with Crippen LogP contribution in [0.15, 0.2) is 48.5 Å². The summed E-state index contributed by atoms with van der Waals surface area (Å²) in [6.45, 7) is 0.174. The zero-order chi connectivity index (χ0) is 18.5. The van der Waals surface area contributed by atoms with Gasteiger partial charge in [0.2, 0.25) is 0 Å². The standard InChI is InChI=1S/C20H24F2N2O2/c1-25-18-8-7-14(9-19(18)26-20(21)22)11-24-12-16(10-23)17(13-24)15-5-3-2-4-6-15/h2-9,16-17,20H,10-13,23H2,1H3/t16-,17+/m1/s1. The van der Waals surface area contributed by atoms with Crippen molar-refractivity contribution in [3.05, 3.63) is 59.7 Å². The molecule has 0 aromatic heterocycles. The first-order valence-corrected chi connectivity index (χ1v) is 8.69. The molecule has 0 saturated carbocycles. The molecule has 2 N–H and O–H groups in total. The van der Waals surface area contributed by atoms with Crippen molar-refractivity contribution < 1.29 is 18.3 Å². The van der Waals surface area contributed by atoms with Gasteiger partial charge in [-0.3, -0.25) is 4.90 Å². The van der Waals surface area contributed by atoms with E-state index in [1.54, 1.807) is 12.1 Å². The van der Waals surface area contributed by atoms with Crippen molar-refractivity contribution in [1.82, 2.24) is 4.90 Å². The fraction of sp³-hybridized carbons (Fsp3) is 0.400. The van der Waals surface area contributed by atoms with E-state index in [4.69, 9.17) is 10.5 Å². The maximum absolute atomic E-state index is 12.6. The molecule has 4 nitrogen and oxygen atoms in total. The van der Waals surface area contributed by atoms with Crippen LogP contribution in [0, 0.1) is 5.92 Å². The summed E-state index contributed by atoms with van der Waals surface area (Å²) in [7, 11) is 1.43. The fourth-order valence-electron chi connectivity index (χ4n) is 3.67. The molecule has 2 aromatic carbocycles. The van der Waals surface area contributed by atoms with Crippen LogP contribution in [-0.2, 0) is 6.54 Å². The lowest BCUT2D eigenvalue weighted by atomic mass is 9.89. The van der Waals surface area contributed by atoms with Gasteiger partial charge in [-0.1, -0.05) is 36.4 Å². The summed E-state index contributed by atoms with van der Waals surface area (Å²) in [5.74, 6) is 1.13. The summed E-state index contributed by atoms with van der Waals surface area (Å²) in [5.41, 5.74) is 8.19. The van der Waals surface area contributed by atoms with Gasteiger partial charge in [-0.05, 0) is 35.7 Å². The van der Waals surface area contributed by atoms with Gasteiger partial charge < -0.3 is 15.2 Å². The molecule has 1 aliphatic heterocycles. The molecule has 0 unspecified atom stereocenters. The zero-order valence-corrected chi connectivity index (χ0v) is 14.8. The molecule has 0 aliphatic carbocycles. The molecular weight excluding hydrogens is 338 g/mol. The monoisotopic (exact) mass is 362 g/mol. The van der Waals surface area contributed by atoms with Crippen LogP contribution in [0.4, 0.5) is 8.78 Å². The van der Waals surface area contributed by atoms with Crippen LogP contribution in [0.1, 0.15) is 17.0 Å². The quantitative estimate of drug-likeness (QED) is 0.819. The topological polar surface area (TPSA) is 47.7 Å². The molecule has 140 valence electrons. The lowest BCUT2D eigenvalue weighted by molar-refractivity contribution is -0.0512. The van der Waals surface area contributed by atoms with Crippen molar-refractivity contribution >= 4 is 0 Å². The Morgan fingerprint density at radius 1 is 1.12 bits per heavy atom. The van der Waals surface area contributed by atoms with E-state index in [-0.39, 0.29) is 5.75 Å². The Kier molecular flexibility index (Phi) is 6.06. The highest BCUT2D eigenvalue weighted by Crippen LogP contribution is 2.34. The normalized spacial score (nSPS) is 20.5. The molecule has 1 fully saturated rings. The molecule has 1 heterocycles. The van der Waals surface area contributed by atoms with E-state index >= 15 is 0 Å². The molecule has 1 saturated heterocycles. The number of halogens is 2. The first-order valence-electron chi connectivity index (χ1n) is 8.69. The number of methoxy groups -OCH3 is 1. The first-order chi connectivity index (χ1) is 12.6. The Bertz CT molecular complexity index is 712. The third-order valence-corrected chi connectivity index (χ3v) is 4.90. The van der Waals surface area contributed by atoms with Crippen LogP contribution in [-0.4, -0.2) is 38.3 Å². The summed E-state index contributed by atoms with van der Waals surface area (Å²) >= 11 is 0. The number of ether oxygens (including phenoxy) is 2. The van der Waals surface area contributed by atoms with Crippen molar-refractivity contribution in [2.75, 3.05) is 26.7 Å². The van der Waals surface area contributed by atoms with Crippen LogP contribution in [0.25, 0.3) is 0 Å². The molecule has 3 rings (SSSR count). The van der Waals surface area contributed by atoms with Crippen molar-refractivity contribution in [3.63, 3.8) is 0 Å². The molecule has 0 amide bonds.